The van der Waals surface area contributed by atoms with E-state index in [1.165, 1.54) is 5.56 Å². The van der Waals surface area contributed by atoms with Gasteiger partial charge in [-0.3, -0.25) is 0 Å². The van der Waals surface area contributed by atoms with E-state index >= 15 is 0 Å². The van der Waals surface area contributed by atoms with E-state index in [1.807, 2.05) is 6.07 Å². The molecule has 19 heavy (non-hydrogen) atoms. The van der Waals surface area contributed by atoms with Crippen LogP contribution in [0.25, 0.3) is 0 Å². The molecule has 0 aromatic heterocycles. The second-order valence-corrected chi connectivity index (χ2v) is 5.13. The number of benzene rings is 1. The summed E-state index contributed by atoms with van der Waals surface area (Å²) >= 11 is 0. The molecule has 5 nitrogen and oxygen atoms in total. The van der Waals surface area contributed by atoms with E-state index in [4.69, 9.17) is 14.2 Å². The smallest absolute Gasteiger partial charge is 0.231 e. The lowest BCUT2D eigenvalue weighted by atomic mass is 9.99. The van der Waals surface area contributed by atoms with Crippen LogP contribution in [0.2, 0.25) is 0 Å². The van der Waals surface area contributed by atoms with Gasteiger partial charge in [0.15, 0.2) is 11.5 Å². The molecule has 1 saturated heterocycles. The summed E-state index contributed by atoms with van der Waals surface area (Å²) in [4.78, 5) is 2.19. The van der Waals surface area contributed by atoms with Gasteiger partial charge in [0.05, 0.1) is 18.8 Å². The summed E-state index contributed by atoms with van der Waals surface area (Å²) in [5.41, 5.74) is 1.20. The van der Waals surface area contributed by atoms with Gasteiger partial charge in [-0.1, -0.05) is 6.07 Å². The second kappa shape index (κ2) is 5.36. The number of morpholine rings is 1. The molecule has 0 radical (unpaired) electrons. The third-order valence-electron chi connectivity index (χ3n) is 3.60. The molecule has 5 heteroatoms. The fourth-order valence-electron chi connectivity index (χ4n) is 2.73. The standard InChI is InChI=1S/C14H20N2O3/c1-16(2)14(13-8-15-5-6-17-13)10-3-4-11-12(7-10)19-9-18-11/h3-4,7,13-15H,5-6,8-9H2,1-2H3. The van der Waals surface area contributed by atoms with Crippen LogP contribution in [0.5, 0.6) is 11.5 Å². The number of hydrogen-bond acceptors (Lipinski definition) is 5. The number of fused-ring (bicyclic) bond motifs is 1. The van der Waals surface area contributed by atoms with Crippen molar-refractivity contribution in [2.24, 2.45) is 0 Å². The minimum atomic E-state index is 0.157. The van der Waals surface area contributed by atoms with Crippen LogP contribution >= 0.6 is 0 Å². The summed E-state index contributed by atoms with van der Waals surface area (Å²) in [6.45, 7) is 2.88. The largest absolute Gasteiger partial charge is 0.454 e. The molecule has 0 bridgehead atoms. The van der Waals surface area contributed by atoms with Gasteiger partial charge in [-0.05, 0) is 31.8 Å². The molecule has 1 N–H and O–H groups in total. The van der Waals surface area contributed by atoms with Gasteiger partial charge in [-0.15, -0.1) is 0 Å². The average Bonchev–Trinajstić information content (AvgIpc) is 2.87. The number of rotatable bonds is 3. The van der Waals surface area contributed by atoms with Gasteiger partial charge in [0, 0.05) is 13.1 Å². The lowest BCUT2D eigenvalue weighted by Gasteiger charge is -2.35. The van der Waals surface area contributed by atoms with Crippen LogP contribution in [0.3, 0.4) is 0 Å². The Hall–Kier alpha value is -1.30. The van der Waals surface area contributed by atoms with Crippen molar-refractivity contribution in [2.75, 3.05) is 40.6 Å². The SMILES string of the molecule is CN(C)C(c1ccc2c(c1)OCO2)C1CNCCO1. The Morgan fingerprint density at radius 2 is 2.11 bits per heavy atom. The molecule has 0 saturated carbocycles. The van der Waals surface area contributed by atoms with Gasteiger partial charge in [-0.25, -0.2) is 0 Å². The highest BCUT2D eigenvalue weighted by atomic mass is 16.7. The lowest BCUT2D eigenvalue weighted by molar-refractivity contribution is -0.0212. The number of hydrogen-bond donors (Lipinski definition) is 1. The summed E-state index contributed by atoms with van der Waals surface area (Å²) < 4.78 is 16.7. The van der Waals surface area contributed by atoms with E-state index in [0.29, 0.717) is 6.79 Å². The molecule has 104 valence electrons. The van der Waals surface area contributed by atoms with Gasteiger partial charge in [-0.2, -0.15) is 0 Å². The summed E-state index contributed by atoms with van der Waals surface area (Å²) in [5, 5.41) is 3.38. The molecule has 1 aromatic rings. The first kappa shape index (κ1) is 12.7. The summed E-state index contributed by atoms with van der Waals surface area (Å²) in [5.74, 6) is 1.65. The molecule has 3 rings (SSSR count). The fraction of sp³-hybridized carbons (Fsp3) is 0.571. The van der Waals surface area contributed by atoms with Crippen molar-refractivity contribution in [1.82, 2.24) is 10.2 Å². The highest BCUT2D eigenvalue weighted by Gasteiger charge is 2.29. The van der Waals surface area contributed by atoms with Crippen molar-refractivity contribution in [3.63, 3.8) is 0 Å². The number of ether oxygens (including phenoxy) is 3. The number of likely N-dealkylation sites (N-methyl/N-ethyl adjacent to an activating group) is 1. The van der Waals surface area contributed by atoms with Crippen molar-refractivity contribution >= 4 is 0 Å². The minimum absolute atomic E-state index is 0.157. The molecule has 2 aliphatic rings. The van der Waals surface area contributed by atoms with Crippen molar-refractivity contribution in [1.29, 1.82) is 0 Å². The normalized spacial score (nSPS) is 23.6. The first-order valence-corrected chi connectivity index (χ1v) is 6.64. The zero-order valence-corrected chi connectivity index (χ0v) is 11.4. The molecule has 2 unspecified atom stereocenters. The van der Waals surface area contributed by atoms with Crippen molar-refractivity contribution in [3.8, 4) is 11.5 Å². The van der Waals surface area contributed by atoms with Gasteiger partial charge in [0.1, 0.15) is 0 Å². The highest BCUT2D eigenvalue weighted by molar-refractivity contribution is 5.45. The topological polar surface area (TPSA) is 43.0 Å². The van der Waals surface area contributed by atoms with Crippen LogP contribution in [0.4, 0.5) is 0 Å². The summed E-state index contributed by atoms with van der Waals surface area (Å²) in [6.07, 6.45) is 0.157. The first-order chi connectivity index (χ1) is 9.25. The molecule has 2 heterocycles. The minimum Gasteiger partial charge on any atom is -0.454 e. The van der Waals surface area contributed by atoms with E-state index < -0.39 is 0 Å². The predicted molar refractivity (Wildman–Crippen MR) is 71.6 cm³/mol. The quantitative estimate of drug-likeness (QED) is 0.882. The Morgan fingerprint density at radius 1 is 1.26 bits per heavy atom. The maximum absolute atomic E-state index is 5.90. The number of nitrogens with one attached hydrogen (secondary N) is 1. The Kier molecular flexibility index (Phi) is 3.59. The van der Waals surface area contributed by atoms with Crippen molar-refractivity contribution in [3.05, 3.63) is 23.8 Å². The van der Waals surface area contributed by atoms with Gasteiger partial charge < -0.3 is 24.4 Å². The molecular weight excluding hydrogens is 244 g/mol. The number of nitrogens with zero attached hydrogens (tertiary/aromatic N) is 1. The molecular formula is C14H20N2O3. The van der Waals surface area contributed by atoms with Crippen LogP contribution in [-0.4, -0.2) is 51.6 Å². The molecule has 0 amide bonds. The summed E-state index contributed by atoms with van der Waals surface area (Å²) in [7, 11) is 4.15. The van der Waals surface area contributed by atoms with E-state index in [9.17, 15) is 0 Å². The highest BCUT2D eigenvalue weighted by Crippen LogP contribution is 2.36. The van der Waals surface area contributed by atoms with Crippen LogP contribution in [0.15, 0.2) is 18.2 Å². The monoisotopic (exact) mass is 264 g/mol. The van der Waals surface area contributed by atoms with Crippen LogP contribution in [0.1, 0.15) is 11.6 Å². The molecule has 2 aliphatic heterocycles. The molecule has 2 atom stereocenters. The first-order valence-electron chi connectivity index (χ1n) is 6.64. The van der Waals surface area contributed by atoms with Gasteiger partial charge >= 0.3 is 0 Å². The van der Waals surface area contributed by atoms with Crippen LogP contribution in [-0.2, 0) is 4.74 Å². The van der Waals surface area contributed by atoms with Gasteiger partial charge in [0.2, 0.25) is 6.79 Å². The second-order valence-electron chi connectivity index (χ2n) is 5.13. The van der Waals surface area contributed by atoms with Crippen LogP contribution < -0.4 is 14.8 Å². The van der Waals surface area contributed by atoms with E-state index in [2.05, 4.69) is 36.4 Å². The Morgan fingerprint density at radius 3 is 2.84 bits per heavy atom. The molecule has 0 aliphatic carbocycles. The maximum Gasteiger partial charge on any atom is 0.231 e. The van der Waals surface area contributed by atoms with Crippen molar-refractivity contribution < 1.29 is 14.2 Å². The molecule has 0 spiro atoms. The fourth-order valence-corrected chi connectivity index (χ4v) is 2.73. The predicted octanol–water partition coefficient (Wildman–Crippen LogP) is 1.01. The Balaban J connectivity index is 1.87. The van der Waals surface area contributed by atoms with Crippen LogP contribution in [0, 0.1) is 0 Å². The molecule has 1 fully saturated rings. The van der Waals surface area contributed by atoms with E-state index in [0.717, 1.165) is 31.2 Å². The molecule has 1 aromatic carbocycles. The average molecular weight is 264 g/mol. The zero-order chi connectivity index (χ0) is 13.2. The third-order valence-corrected chi connectivity index (χ3v) is 3.60. The van der Waals surface area contributed by atoms with Crippen molar-refractivity contribution in [2.45, 2.75) is 12.1 Å². The van der Waals surface area contributed by atoms with Gasteiger partial charge in [0.25, 0.3) is 0 Å². The summed E-state index contributed by atoms with van der Waals surface area (Å²) in [6, 6.07) is 6.34. The Labute approximate surface area is 113 Å². The third kappa shape index (κ3) is 2.54. The zero-order valence-electron chi connectivity index (χ0n) is 11.4. The lowest BCUT2D eigenvalue weighted by Crippen LogP contribution is -2.45. The Bertz CT molecular complexity index is 444. The van der Waals surface area contributed by atoms with E-state index in [-0.39, 0.29) is 12.1 Å². The van der Waals surface area contributed by atoms with E-state index in [1.54, 1.807) is 0 Å². The maximum atomic E-state index is 5.90.